The van der Waals surface area contributed by atoms with E-state index in [9.17, 15) is 4.79 Å². The molecule has 0 N–H and O–H groups in total. The zero-order chi connectivity index (χ0) is 17.3. The van der Waals surface area contributed by atoms with Gasteiger partial charge in [-0.05, 0) is 44.6 Å². The number of carbonyl (C=O) groups is 1. The van der Waals surface area contributed by atoms with E-state index in [-0.39, 0.29) is 16.7 Å². The first-order valence-corrected chi connectivity index (χ1v) is 9.99. The van der Waals surface area contributed by atoms with Crippen molar-refractivity contribution in [2.24, 2.45) is 0 Å². The maximum atomic E-state index is 13.0. The van der Waals surface area contributed by atoms with Crippen LogP contribution in [0.1, 0.15) is 47.6 Å². The van der Waals surface area contributed by atoms with Crippen LogP contribution in [0, 0.1) is 0 Å². The smallest absolute Gasteiger partial charge is 0.256 e. The van der Waals surface area contributed by atoms with Crippen molar-refractivity contribution in [1.29, 1.82) is 0 Å². The van der Waals surface area contributed by atoms with Gasteiger partial charge in [-0.2, -0.15) is 0 Å². The molecule has 1 amide bonds. The highest BCUT2D eigenvalue weighted by molar-refractivity contribution is 9.10. The van der Waals surface area contributed by atoms with E-state index in [1.165, 1.54) is 11.1 Å². The summed E-state index contributed by atoms with van der Waals surface area (Å²) in [5.74, 6) is 1.07. The number of benzene rings is 2. The number of carbonyl (C=O) groups excluding carboxylic acids is 1. The lowest BCUT2D eigenvalue weighted by atomic mass is 9.86. The Morgan fingerprint density at radius 3 is 2.42 bits per heavy atom. The Morgan fingerprint density at radius 2 is 1.79 bits per heavy atom. The van der Waals surface area contributed by atoms with E-state index in [4.69, 9.17) is 0 Å². The van der Waals surface area contributed by atoms with E-state index in [2.05, 4.69) is 61.0 Å². The van der Waals surface area contributed by atoms with Gasteiger partial charge in [-0.1, -0.05) is 57.2 Å². The van der Waals surface area contributed by atoms with E-state index in [1.807, 2.05) is 40.9 Å². The lowest BCUT2D eigenvalue weighted by Crippen LogP contribution is -2.30. The van der Waals surface area contributed by atoms with Crippen molar-refractivity contribution in [1.82, 2.24) is 4.90 Å². The Hall–Kier alpha value is -1.26. The largest absolute Gasteiger partial charge is 0.322 e. The molecule has 24 heavy (non-hydrogen) atoms. The summed E-state index contributed by atoms with van der Waals surface area (Å²) in [5, 5.41) is 0.0959. The molecule has 2 nitrogen and oxygen atoms in total. The monoisotopic (exact) mass is 403 g/mol. The van der Waals surface area contributed by atoms with E-state index in [1.54, 1.807) is 0 Å². The molecule has 1 heterocycles. The number of amides is 1. The third kappa shape index (κ3) is 3.55. The topological polar surface area (TPSA) is 20.3 Å². The third-order valence-corrected chi connectivity index (χ3v) is 6.27. The van der Waals surface area contributed by atoms with Crippen molar-refractivity contribution in [2.75, 3.05) is 12.3 Å². The van der Waals surface area contributed by atoms with Gasteiger partial charge in [-0.15, -0.1) is 11.8 Å². The summed E-state index contributed by atoms with van der Waals surface area (Å²) in [6, 6.07) is 16.4. The second kappa shape index (κ2) is 6.93. The molecule has 0 spiro atoms. The van der Waals surface area contributed by atoms with Crippen molar-refractivity contribution in [3.8, 4) is 0 Å². The number of thioether (sulfide) groups is 1. The molecule has 0 aromatic heterocycles. The molecule has 0 radical (unpaired) electrons. The molecule has 0 saturated carbocycles. The maximum Gasteiger partial charge on any atom is 0.256 e. The molecule has 1 atom stereocenters. The fourth-order valence-corrected chi connectivity index (χ4v) is 4.60. The summed E-state index contributed by atoms with van der Waals surface area (Å²) in [7, 11) is 0. The van der Waals surface area contributed by atoms with Crippen LogP contribution in [-0.2, 0) is 5.41 Å². The minimum absolute atomic E-state index is 0.0948. The summed E-state index contributed by atoms with van der Waals surface area (Å²) in [4.78, 5) is 14.9. The number of halogens is 1. The number of nitrogens with zero attached hydrogens (tertiary/aromatic N) is 1. The molecule has 1 aliphatic heterocycles. The molecule has 1 aliphatic rings. The van der Waals surface area contributed by atoms with Crippen LogP contribution in [0.4, 0.5) is 0 Å². The van der Waals surface area contributed by atoms with E-state index < -0.39 is 0 Å². The normalized spacial score (nSPS) is 18.0. The van der Waals surface area contributed by atoms with Crippen LogP contribution < -0.4 is 0 Å². The Kier molecular flexibility index (Phi) is 5.07. The average Bonchev–Trinajstić information content (AvgIpc) is 3.03. The van der Waals surface area contributed by atoms with Gasteiger partial charge in [-0.25, -0.2) is 0 Å². The zero-order valence-electron chi connectivity index (χ0n) is 14.3. The molecule has 3 rings (SSSR count). The van der Waals surface area contributed by atoms with Crippen LogP contribution in [0.3, 0.4) is 0 Å². The van der Waals surface area contributed by atoms with Gasteiger partial charge < -0.3 is 4.90 Å². The number of hydrogen-bond donors (Lipinski definition) is 0. The van der Waals surface area contributed by atoms with Gasteiger partial charge in [0.1, 0.15) is 5.37 Å². The third-order valence-electron chi connectivity index (χ3n) is 4.32. The fraction of sp³-hybridized carbons (Fsp3) is 0.350. The minimum Gasteiger partial charge on any atom is -0.322 e. The lowest BCUT2D eigenvalue weighted by molar-refractivity contribution is 0.0759. The molecule has 0 unspecified atom stereocenters. The minimum atomic E-state index is 0.0948. The lowest BCUT2D eigenvalue weighted by Gasteiger charge is -2.26. The van der Waals surface area contributed by atoms with E-state index in [0.29, 0.717) is 0 Å². The predicted octanol–water partition coefficient (Wildman–Crippen LogP) is 5.63. The van der Waals surface area contributed by atoms with Crippen molar-refractivity contribution in [3.63, 3.8) is 0 Å². The van der Waals surface area contributed by atoms with E-state index >= 15 is 0 Å². The van der Waals surface area contributed by atoms with Crippen molar-refractivity contribution in [3.05, 3.63) is 69.7 Å². The quantitative estimate of drug-likeness (QED) is 0.646. The fourth-order valence-electron chi connectivity index (χ4n) is 2.89. The Balaban J connectivity index is 1.86. The summed E-state index contributed by atoms with van der Waals surface area (Å²) >= 11 is 5.33. The zero-order valence-corrected chi connectivity index (χ0v) is 16.7. The van der Waals surface area contributed by atoms with Gasteiger partial charge in [0, 0.05) is 16.8 Å². The molecule has 1 fully saturated rings. The molecular formula is C20H22BrNOS. The molecule has 126 valence electrons. The van der Waals surface area contributed by atoms with Crippen molar-refractivity contribution in [2.45, 2.75) is 31.6 Å². The molecule has 0 bridgehead atoms. The molecule has 0 aliphatic carbocycles. The first-order chi connectivity index (χ1) is 11.4. The van der Waals surface area contributed by atoms with Gasteiger partial charge in [0.05, 0.1) is 5.56 Å². The van der Waals surface area contributed by atoms with Crippen LogP contribution in [0.2, 0.25) is 0 Å². The second-order valence-corrected chi connectivity index (χ2v) is 9.12. The highest BCUT2D eigenvalue weighted by atomic mass is 79.9. The van der Waals surface area contributed by atoms with Crippen LogP contribution >= 0.6 is 27.7 Å². The van der Waals surface area contributed by atoms with E-state index in [0.717, 1.165) is 22.3 Å². The van der Waals surface area contributed by atoms with Crippen LogP contribution in [0.25, 0.3) is 0 Å². The number of rotatable bonds is 2. The van der Waals surface area contributed by atoms with Gasteiger partial charge >= 0.3 is 0 Å². The highest BCUT2D eigenvalue weighted by Gasteiger charge is 2.32. The van der Waals surface area contributed by atoms with Gasteiger partial charge in [0.25, 0.3) is 5.91 Å². The average molecular weight is 404 g/mol. The first-order valence-electron chi connectivity index (χ1n) is 8.15. The first kappa shape index (κ1) is 17.6. The second-order valence-electron chi connectivity index (χ2n) is 7.07. The molecule has 2 aromatic rings. The standard InChI is InChI=1S/C20H22BrNOS/c1-20(2,3)15-10-8-14(9-11-15)19-22(12-13-24-19)18(23)16-6-4-5-7-17(16)21/h4-11,19H,12-13H2,1-3H3/t19-/m0/s1. The van der Waals surface area contributed by atoms with Crippen molar-refractivity contribution >= 4 is 33.6 Å². The predicted molar refractivity (Wildman–Crippen MR) is 106 cm³/mol. The molecule has 2 aromatic carbocycles. The van der Waals surface area contributed by atoms with Crippen molar-refractivity contribution < 1.29 is 4.79 Å². The highest BCUT2D eigenvalue weighted by Crippen LogP contribution is 2.39. The Bertz CT molecular complexity index is 736. The number of hydrogen-bond acceptors (Lipinski definition) is 2. The molecular weight excluding hydrogens is 382 g/mol. The summed E-state index contributed by atoms with van der Waals surface area (Å²) < 4.78 is 0.855. The van der Waals surface area contributed by atoms with Gasteiger partial charge in [0.2, 0.25) is 0 Å². The summed E-state index contributed by atoms with van der Waals surface area (Å²) in [6.07, 6.45) is 0. The molecule has 1 saturated heterocycles. The Morgan fingerprint density at radius 1 is 1.12 bits per heavy atom. The van der Waals surface area contributed by atoms with Crippen LogP contribution in [0.15, 0.2) is 53.0 Å². The Labute approximate surface area is 156 Å². The maximum absolute atomic E-state index is 13.0. The molecule has 4 heteroatoms. The van der Waals surface area contributed by atoms with Gasteiger partial charge in [0.15, 0.2) is 0 Å². The summed E-state index contributed by atoms with van der Waals surface area (Å²) in [6.45, 7) is 7.44. The van der Waals surface area contributed by atoms with Gasteiger partial charge in [-0.3, -0.25) is 4.79 Å². The summed E-state index contributed by atoms with van der Waals surface area (Å²) in [5.41, 5.74) is 3.39. The SMILES string of the molecule is CC(C)(C)c1ccc([C@@H]2SCCN2C(=O)c2ccccc2Br)cc1. The van der Waals surface area contributed by atoms with Crippen LogP contribution in [-0.4, -0.2) is 23.1 Å². The van der Waals surface area contributed by atoms with Crippen LogP contribution in [0.5, 0.6) is 0 Å².